The molecule has 0 aliphatic rings. The smallest absolute Gasteiger partial charge is 0.413 e. The molecule has 0 fully saturated rings. The van der Waals surface area contributed by atoms with Gasteiger partial charge in [-0.1, -0.05) is 6.07 Å². The van der Waals surface area contributed by atoms with E-state index in [9.17, 15) is 9.18 Å². The predicted octanol–water partition coefficient (Wildman–Crippen LogP) is 5.96. The van der Waals surface area contributed by atoms with E-state index >= 15 is 0 Å². The van der Waals surface area contributed by atoms with E-state index in [1.54, 1.807) is 19.3 Å². The third-order valence-corrected chi connectivity index (χ3v) is 5.70. The number of nitrogens with one attached hydrogen (secondary N) is 3. The number of pyridine rings is 3. The minimum Gasteiger partial charge on any atom is -0.450 e. The summed E-state index contributed by atoms with van der Waals surface area (Å²) in [6.07, 6.45) is 4.37. The molecule has 186 valence electrons. The summed E-state index contributed by atoms with van der Waals surface area (Å²) in [6, 6.07) is 16.1. The van der Waals surface area contributed by atoms with E-state index in [1.807, 2.05) is 49.4 Å². The molecule has 9 nitrogen and oxygen atoms in total. The second-order valence-corrected chi connectivity index (χ2v) is 8.24. The quantitative estimate of drug-likeness (QED) is 0.254. The highest BCUT2D eigenvalue weighted by atomic mass is 19.1. The number of fused-ring (bicyclic) bond motifs is 1. The monoisotopic (exact) mass is 497 g/mol. The van der Waals surface area contributed by atoms with Crippen LogP contribution in [0.25, 0.3) is 33.4 Å². The van der Waals surface area contributed by atoms with Crippen LogP contribution in [0.15, 0.2) is 73.2 Å². The van der Waals surface area contributed by atoms with Crippen LogP contribution in [0, 0.1) is 5.82 Å². The number of aromatic amines is 1. The SMILES string of the molecule is CCOC(=O)Nc1nc2cc(-c3ccc(NC(C)c4ccccn4)nc3)cc(-c3ncccc3F)c2[nH]1. The first-order valence-electron chi connectivity index (χ1n) is 11.7. The van der Waals surface area contributed by atoms with E-state index in [0.29, 0.717) is 22.4 Å². The van der Waals surface area contributed by atoms with Gasteiger partial charge in [0.25, 0.3) is 0 Å². The van der Waals surface area contributed by atoms with Crippen LogP contribution in [0.1, 0.15) is 25.6 Å². The number of rotatable bonds is 7. The van der Waals surface area contributed by atoms with Crippen LogP contribution in [0.3, 0.4) is 0 Å². The zero-order chi connectivity index (χ0) is 25.8. The number of carbonyl (C=O) groups excluding carboxylic acids is 1. The summed E-state index contributed by atoms with van der Waals surface area (Å²) >= 11 is 0. The number of imidazole rings is 1. The van der Waals surface area contributed by atoms with Crippen molar-refractivity contribution in [3.05, 3.63) is 84.7 Å². The lowest BCUT2D eigenvalue weighted by atomic mass is 10.0. The van der Waals surface area contributed by atoms with Crippen molar-refractivity contribution in [2.75, 3.05) is 17.2 Å². The number of benzene rings is 1. The molecule has 3 N–H and O–H groups in total. The van der Waals surface area contributed by atoms with Crippen LogP contribution in [0.4, 0.5) is 21.0 Å². The Morgan fingerprint density at radius 3 is 2.65 bits per heavy atom. The molecule has 0 saturated carbocycles. The number of ether oxygens (including phenoxy) is 1. The highest BCUT2D eigenvalue weighted by Gasteiger charge is 2.17. The molecule has 0 radical (unpaired) electrons. The third kappa shape index (κ3) is 5.22. The Labute approximate surface area is 212 Å². The van der Waals surface area contributed by atoms with Gasteiger partial charge < -0.3 is 15.0 Å². The summed E-state index contributed by atoms with van der Waals surface area (Å²) in [5, 5.41) is 5.90. The molecule has 1 amide bonds. The van der Waals surface area contributed by atoms with Crippen LogP contribution in [-0.2, 0) is 4.74 Å². The van der Waals surface area contributed by atoms with Gasteiger partial charge in [-0.3, -0.25) is 15.3 Å². The molecule has 0 aliphatic heterocycles. The maximum Gasteiger partial charge on any atom is 0.413 e. The van der Waals surface area contributed by atoms with Gasteiger partial charge >= 0.3 is 6.09 Å². The number of H-pyrrole nitrogens is 1. The summed E-state index contributed by atoms with van der Waals surface area (Å²) in [5.41, 5.74) is 4.19. The molecule has 1 unspecified atom stereocenters. The molecule has 5 rings (SSSR count). The van der Waals surface area contributed by atoms with E-state index in [-0.39, 0.29) is 24.3 Å². The molecule has 1 aromatic carbocycles. The fourth-order valence-electron chi connectivity index (χ4n) is 3.95. The summed E-state index contributed by atoms with van der Waals surface area (Å²) in [6.45, 7) is 3.94. The van der Waals surface area contributed by atoms with Crippen LogP contribution < -0.4 is 10.6 Å². The lowest BCUT2D eigenvalue weighted by molar-refractivity contribution is 0.167. The Kier molecular flexibility index (Phi) is 6.71. The van der Waals surface area contributed by atoms with Crippen molar-refractivity contribution in [3.8, 4) is 22.4 Å². The number of carbonyl (C=O) groups is 1. The average molecular weight is 498 g/mol. The van der Waals surface area contributed by atoms with Crippen molar-refractivity contribution >= 4 is 28.9 Å². The fraction of sp³-hybridized carbons (Fsp3) is 0.148. The van der Waals surface area contributed by atoms with Crippen molar-refractivity contribution in [1.29, 1.82) is 0 Å². The number of halogens is 1. The minimum absolute atomic E-state index is 0.0241. The Bertz CT molecular complexity index is 1540. The largest absolute Gasteiger partial charge is 0.450 e. The topological polar surface area (TPSA) is 118 Å². The number of anilines is 2. The number of amides is 1. The second kappa shape index (κ2) is 10.4. The van der Waals surface area contributed by atoms with E-state index < -0.39 is 11.9 Å². The number of aromatic nitrogens is 5. The predicted molar refractivity (Wildman–Crippen MR) is 139 cm³/mol. The molecule has 10 heteroatoms. The molecule has 4 aromatic heterocycles. The standard InChI is InChI=1S/C27H24FN7O2/c1-3-37-27(36)35-26-33-22-14-18(13-19(25(22)34-26)24-20(28)7-6-12-30-24)17-9-10-23(31-15-17)32-16(2)21-8-4-5-11-29-21/h4-16H,3H2,1-2H3,(H,31,32)(H2,33,34,35,36). The fourth-order valence-corrected chi connectivity index (χ4v) is 3.95. The zero-order valence-electron chi connectivity index (χ0n) is 20.2. The molecule has 0 saturated heterocycles. The lowest BCUT2D eigenvalue weighted by Gasteiger charge is -2.14. The van der Waals surface area contributed by atoms with Crippen molar-refractivity contribution in [2.24, 2.45) is 0 Å². The van der Waals surface area contributed by atoms with E-state index in [4.69, 9.17) is 4.74 Å². The normalized spacial score (nSPS) is 11.8. The van der Waals surface area contributed by atoms with Crippen LogP contribution in [0.2, 0.25) is 0 Å². The van der Waals surface area contributed by atoms with E-state index in [0.717, 1.165) is 16.8 Å². The van der Waals surface area contributed by atoms with Crippen molar-refractivity contribution in [3.63, 3.8) is 0 Å². The van der Waals surface area contributed by atoms with E-state index in [2.05, 4.69) is 35.6 Å². The second-order valence-electron chi connectivity index (χ2n) is 8.24. The van der Waals surface area contributed by atoms with Crippen molar-refractivity contribution in [2.45, 2.75) is 19.9 Å². The average Bonchev–Trinajstić information content (AvgIpc) is 3.32. The van der Waals surface area contributed by atoms with Gasteiger partial charge in [-0.25, -0.2) is 19.2 Å². The summed E-state index contributed by atoms with van der Waals surface area (Å²) < 4.78 is 19.7. The lowest BCUT2D eigenvalue weighted by Crippen LogP contribution is -2.14. The highest BCUT2D eigenvalue weighted by Crippen LogP contribution is 2.34. The number of hydrogen-bond donors (Lipinski definition) is 3. The van der Waals surface area contributed by atoms with Gasteiger partial charge in [0.2, 0.25) is 5.95 Å². The van der Waals surface area contributed by atoms with Gasteiger partial charge in [0, 0.05) is 29.7 Å². The Morgan fingerprint density at radius 1 is 1.05 bits per heavy atom. The molecule has 4 heterocycles. The van der Waals surface area contributed by atoms with E-state index in [1.165, 1.54) is 18.3 Å². The first kappa shape index (κ1) is 23.9. The summed E-state index contributed by atoms with van der Waals surface area (Å²) in [5.74, 6) is 0.403. The Hall–Kier alpha value is -4.86. The minimum atomic E-state index is -0.639. The molecule has 37 heavy (non-hydrogen) atoms. The first-order chi connectivity index (χ1) is 18.0. The Balaban J connectivity index is 1.50. The van der Waals surface area contributed by atoms with Gasteiger partial charge in [0.15, 0.2) is 0 Å². The molecule has 5 aromatic rings. The van der Waals surface area contributed by atoms with Crippen molar-refractivity contribution < 1.29 is 13.9 Å². The molecule has 0 bridgehead atoms. The van der Waals surface area contributed by atoms with Crippen LogP contribution in [0.5, 0.6) is 0 Å². The highest BCUT2D eigenvalue weighted by molar-refractivity contribution is 5.97. The summed E-state index contributed by atoms with van der Waals surface area (Å²) in [7, 11) is 0. The molecular weight excluding hydrogens is 473 g/mol. The third-order valence-electron chi connectivity index (χ3n) is 5.70. The van der Waals surface area contributed by atoms with Crippen molar-refractivity contribution in [1.82, 2.24) is 24.9 Å². The van der Waals surface area contributed by atoms with Gasteiger partial charge in [-0.2, -0.15) is 0 Å². The van der Waals surface area contributed by atoms with Gasteiger partial charge in [-0.05, 0) is 67.9 Å². The van der Waals surface area contributed by atoms with Crippen LogP contribution >= 0.6 is 0 Å². The first-order valence-corrected chi connectivity index (χ1v) is 11.7. The summed E-state index contributed by atoms with van der Waals surface area (Å²) in [4.78, 5) is 32.6. The maximum atomic E-state index is 14.8. The van der Waals surface area contributed by atoms with Gasteiger partial charge in [0.05, 0.1) is 29.4 Å². The number of hydrogen-bond acceptors (Lipinski definition) is 7. The van der Waals surface area contributed by atoms with Gasteiger partial charge in [0.1, 0.15) is 17.3 Å². The zero-order valence-corrected chi connectivity index (χ0v) is 20.2. The van der Waals surface area contributed by atoms with Crippen LogP contribution in [-0.4, -0.2) is 37.6 Å². The molecule has 0 spiro atoms. The Morgan fingerprint density at radius 2 is 1.92 bits per heavy atom. The number of nitrogens with zero attached hydrogens (tertiary/aromatic N) is 4. The maximum absolute atomic E-state index is 14.8. The molecular formula is C27H24FN7O2. The molecule has 1 atom stereocenters. The van der Waals surface area contributed by atoms with Gasteiger partial charge in [-0.15, -0.1) is 0 Å². The molecule has 0 aliphatic carbocycles.